The third kappa shape index (κ3) is 3.96. The molecule has 170 valence electrons. The average Bonchev–Trinajstić information content (AvgIpc) is 3.23. The maximum Gasteiger partial charge on any atom is 0.273 e. The molecule has 4 aromatic rings. The molecule has 8 nitrogen and oxygen atoms in total. The van der Waals surface area contributed by atoms with Gasteiger partial charge in [-0.2, -0.15) is 10.4 Å². The van der Waals surface area contributed by atoms with Crippen LogP contribution in [0.3, 0.4) is 0 Å². The number of aromatic nitrogens is 2. The lowest BCUT2D eigenvalue weighted by Crippen LogP contribution is -2.18. The first kappa shape index (κ1) is 21.8. The van der Waals surface area contributed by atoms with Crippen molar-refractivity contribution in [3.05, 3.63) is 129 Å². The van der Waals surface area contributed by atoms with Crippen LogP contribution >= 0.6 is 0 Å². The van der Waals surface area contributed by atoms with Crippen LogP contribution in [0.2, 0.25) is 0 Å². The van der Waals surface area contributed by atoms with Gasteiger partial charge in [-0.15, -0.1) is 0 Å². The second-order valence-corrected chi connectivity index (χ2v) is 7.90. The highest BCUT2D eigenvalue weighted by Gasteiger charge is 2.39. The Kier molecular flexibility index (Phi) is 5.65. The van der Waals surface area contributed by atoms with Crippen molar-refractivity contribution in [1.29, 1.82) is 5.26 Å². The van der Waals surface area contributed by atoms with E-state index in [2.05, 4.69) is 16.2 Å². The molecule has 3 aromatic carbocycles. The van der Waals surface area contributed by atoms with E-state index in [-0.39, 0.29) is 17.1 Å². The van der Waals surface area contributed by atoms with Crippen LogP contribution in [0.4, 0.5) is 5.69 Å². The molecule has 1 aliphatic rings. The topological polar surface area (TPSA) is 106 Å². The summed E-state index contributed by atoms with van der Waals surface area (Å²) in [5, 5.41) is 26.8. The number of nitriles is 1. The SMILES string of the molecule is Cc1nn(-c2ccccc2)c2c1C(c1ccccc1[N+](=O)[O-])C(C#N)=C(N=Cc1ccccc1)O2. The Morgan fingerprint density at radius 2 is 1.71 bits per heavy atom. The minimum atomic E-state index is -0.772. The van der Waals surface area contributed by atoms with Crippen LogP contribution in [0.1, 0.15) is 28.3 Å². The number of hydrogen-bond acceptors (Lipinski definition) is 6. The molecular weight excluding hydrogens is 442 g/mol. The van der Waals surface area contributed by atoms with Crippen LogP contribution in [-0.2, 0) is 0 Å². The molecule has 8 heteroatoms. The summed E-state index contributed by atoms with van der Waals surface area (Å²) in [5.74, 6) is -0.328. The highest BCUT2D eigenvalue weighted by Crippen LogP contribution is 2.47. The van der Waals surface area contributed by atoms with Crippen LogP contribution in [0.5, 0.6) is 5.88 Å². The summed E-state index contributed by atoms with van der Waals surface area (Å²) in [4.78, 5) is 16.0. The predicted octanol–water partition coefficient (Wildman–Crippen LogP) is 5.47. The van der Waals surface area contributed by atoms with E-state index in [0.717, 1.165) is 11.3 Å². The van der Waals surface area contributed by atoms with Gasteiger partial charge in [-0.3, -0.25) is 10.1 Å². The number of nitrogens with zero attached hydrogens (tertiary/aromatic N) is 5. The van der Waals surface area contributed by atoms with Gasteiger partial charge >= 0.3 is 0 Å². The zero-order chi connectivity index (χ0) is 24.4. The van der Waals surface area contributed by atoms with Crippen molar-refractivity contribution in [3.63, 3.8) is 0 Å². The van der Waals surface area contributed by atoms with E-state index in [9.17, 15) is 15.4 Å². The van der Waals surface area contributed by atoms with Gasteiger partial charge in [0.2, 0.25) is 11.8 Å². The van der Waals surface area contributed by atoms with E-state index in [1.54, 1.807) is 36.0 Å². The molecule has 35 heavy (non-hydrogen) atoms. The van der Waals surface area contributed by atoms with E-state index < -0.39 is 10.8 Å². The lowest BCUT2D eigenvalue weighted by Gasteiger charge is -2.24. The number of benzene rings is 3. The molecule has 1 atom stereocenters. The van der Waals surface area contributed by atoms with Crippen molar-refractivity contribution in [2.24, 2.45) is 4.99 Å². The largest absolute Gasteiger partial charge is 0.419 e. The van der Waals surface area contributed by atoms with Gasteiger partial charge in [0.05, 0.1) is 27.8 Å². The summed E-state index contributed by atoms with van der Waals surface area (Å²) >= 11 is 0. The summed E-state index contributed by atoms with van der Waals surface area (Å²) in [6, 6.07) is 27.4. The van der Waals surface area contributed by atoms with E-state index >= 15 is 0 Å². The number of ether oxygens (including phenoxy) is 1. The highest BCUT2D eigenvalue weighted by atomic mass is 16.6. The molecule has 0 N–H and O–H groups in total. The third-order valence-corrected chi connectivity index (χ3v) is 5.76. The van der Waals surface area contributed by atoms with E-state index in [0.29, 0.717) is 22.7 Å². The maximum atomic E-state index is 11.9. The fourth-order valence-corrected chi connectivity index (χ4v) is 4.20. The van der Waals surface area contributed by atoms with Gasteiger partial charge in [0.25, 0.3) is 5.69 Å². The number of aryl methyl sites for hydroxylation is 1. The van der Waals surface area contributed by atoms with Crippen LogP contribution in [0, 0.1) is 28.4 Å². The molecule has 0 radical (unpaired) electrons. The average molecular weight is 461 g/mol. The van der Waals surface area contributed by atoms with Crippen molar-refractivity contribution in [2.75, 3.05) is 0 Å². The Morgan fingerprint density at radius 3 is 2.40 bits per heavy atom. The molecular formula is C27H19N5O3. The number of para-hydroxylation sites is 2. The van der Waals surface area contributed by atoms with Crippen LogP contribution in [-0.4, -0.2) is 20.9 Å². The van der Waals surface area contributed by atoms with Gasteiger partial charge in [-0.05, 0) is 24.6 Å². The lowest BCUT2D eigenvalue weighted by molar-refractivity contribution is -0.385. The number of fused-ring (bicyclic) bond motifs is 1. The quantitative estimate of drug-likeness (QED) is 0.223. The number of allylic oxidation sites excluding steroid dienone is 1. The summed E-state index contributed by atoms with van der Waals surface area (Å²) in [6.07, 6.45) is 1.60. The summed E-state index contributed by atoms with van der Waals surface area (Å²) in [6.45, 7) is 1.80. The number of rotatable bonds is 5. The molecule has 0 saturated carbocycles. The van der Waals surface area contributed by atoms with Gasteiger partial charge < -0.3 is 4.74 Å². The Balaban J connectivity index is 1.76. The van der Waals surface area contributed by atoms with Crippen LogP contribution < -0.4 is 4.74 Å². The maximum absolute atomic E-state index is 11.9. The highest BCUT2D eigenvalue weighted by molar-refractivity contribution is 5.80. The van der Waals surface area contributed by atoms with Crippen molar-refractivity contribution in [1.82, 2.24) is 9.78 Å². The monoisotopic (exact) mass is 461 g/mol. The molecule has 0 aliphatic carbocycles. The predicted molar refractivity (Wildman–Crippen MR) is 131 cm³/mol. The molecule has 0 amide bonds. The fourth-order valence-electron chi connectivity index (χ4n) is 4.20. The van der Waals surface area contributed by atoms with Gasteiger partial charge in [0.1, 0.15) is 11.6 Å². The number of aliphatic imine (C=N–C) groups is 1. The van der Waals surface area contributed by atoms with Crippen molar-refractivity contribution in [2.45, 2.75) is 12.8 Å². The second kappa shape index (κ2) is 9.08. The van der Waals surface area contributed by atoms with Crippen LogP contribution in [0.25, 0.3) is 5.69 Å². The van der Waals surface area contributed by atoms with Crippen LogP contribution in [0.15, 0.2) is 101 Å². The smallest absolute Gasteiger partial charge is 0.273 e. The zero-order valence-corrected chi connectivity index (χ0v) is 18.7. The first-order valence-corrected chi connectivity index (χ1v) is 10.9. The molecule has 1 unspecified atom stereocenters. The van der Waals surface area contributed by atoms with E-state index in [4.69, 9.17) is 4.74 Å². The summed E-state index contributed by atoms with van der Waals surface area (Å²) in [7, 11) is 0. The number of nitro groups is 1. The second-order valence-electron chi connectivity index (χ2n) is 7.90. The van der Waals surface area contributed by atoms with Crippen molar-refractivity contribution in [3.8, 4) is 17.6 Å². The molecule has 1 aromatic heterocycles. The molecule has 0 fully saturated rings. The molecule has 0 bridgehead atoms. The first-order valence-electron chi connectivity index (χ1n) is 10.9. The van der Waals surface area contributed by atoms with E-state index in [1.165, 1.54) is 6.07 Å². The minimum Gasteiger partial charge on any atom is -0.419 e. The van der Waals surface area contributed by atoms with Gasteiger partial charge in [-0.25, -0.2) is 9.67 Å². The standard InChI is InChI=1S/C27H19N5O3/c1-18-24-25(21-14-8-9-15-23(21)32(33)34)22(16-28)26(29-17-19-10-4-2-5-11-19)35-27(24)31(30-18)20-12-6-3-7-13-20/h2-15,17,25H,1H3. The first-order chi connectivity index (χ1) is 17.1. The Bertz CT molecular complexity index is 1520. The molecule has 0 spiro atoms. The molecule has 0 saturated heterocycles. The Morgan fingerprint density at radius 1 is 1.06 bits per heavy atom. The Hall–Kier alpha value is -5.03. The van der Waals surface area contributed by atoms with Gasteiger partial charge in [0, 0.05) is 17.8 Å². The van der Waals surface area contributed by atoms with Crippen molar-refractivity contribution < 1.29 is 9.66 Å². The number of nitro benzene ring substituents is 1. The summed E-state index contributed by atoms with van der Waals surface area (Å²) in [5.41, 5.74) is 3.24. The molecule has 2 heterocycles. The normalized spacial score (nSPS) is 14.9. The molecule has 1 aliphatic heterocycles. The Labute approximate surface area is 201 Å². The van der Waals surface area contributed by atoms with Crippen molar-refractivity contribution >= 4 is 11.9 Å². The summed E-state index contributed by atoms with van der Waals surface area (Å²) < 4.78 is 7.84. The third-order valence-electron chi connectivity index (χ3n) is 5.76. The van der Waals surface area contributed by atoms with Gasteiger partial charge in [-0.1, -0.05) is 66.7 Å². The number of hydrogen-bond donors (Lipinski definition) is 0. The fraction of sp³-hybridized carbons (Fsp3) is 0.0741. The minimum absolute atomic E-state index is 0.0732. The zero-order valence-electron chi connectivity index (χ0n) is 18.7. The van der Waals surface area contributed by atoms with E-state index in [1.807, 2.05) is 60.7 Å². The molecule has 5 rings (SSSR count). The lowest BCUT2D eigenvalue weighted by atomic mass is 9.83. The van der Waals surface area contributed by atoms with Gasteiger partial charge in [0.15, 0.2) is 0 Å².